The minimum absolute atomic E-state index is 0.194. The van der Waals surface area contributed by atoms with Crippen LogP contribution < -0.4 is 21.5 Å². The van der Waals surface area contributed by atoms with Crippen LogP contribution in [0, 0.1) is 0 Å². The molecule has 34 heavy (non-hydrogen) atoms. The predicted molar refractivity (Wildman–Crippen MR) is 129 cm³/mol. The van der Waals surface area contributed by atoms with Crippen molar-refractivity contribution in [2.75, 3.05) is 18.0 Å². The zero-order valence-corrected chi connectivity index (χ0v) is 19.9. The Bertz CT molecular complexity index is 1420. The summed E-state index contributed by atoms with van der Waals surface area (Å²) in [7, 11) is 2.93. The van der Waals surface area contributed by atoms with Crippen molar-refractivity contribution >= 4 is 40.3 Å². The summed E-state index contributed by atoms with van der Waals surface area (Å²) in [5, 5.41) is 12.2. The first-order valence-corrected chi connectivity index (χ1v) is 11.3. The van der Waals surface area contributed by atoms with Crippen LogP contribution in [0.1, 0.15) is 35.7 Å². The van der Waals surface area contributed by atoms with Gasteiger partial charge < -0.3 is 19.9 Å². The number of rotatable bonds is 5. The zero-order chi connectivity index (χ0) is 24.7. The van der Waals surface area contributed by atoms with Gasteiger partial charge in [-0.05, 0) is 31.4 Å². The van der Waals surface area contributed by atoms with E-state index in [4.69, 9.17) is 11.6 Å². The molecular formula is C23H26ClN5O5. The third kappa shape index (κ3) is 3.98. The standard InChI is InChI=1S/C23H26ClN5O5/c1-13(30)17-18-19(21(31)27(3)23(34)26(18)2)29(11-14-7-4-5-9-16(14)24)20(17)28-10-6-8-15(12-28)25-22(32)33/h4-5,7,9,15,25H,6,8,10-12H2,1-3H3,(H,32,33)/t15-/m1/s1. The maximum atomic E-state index is 13.4. The lowest BCUT2D eigenvalue weighted by Crippen LogP contribution is -2.48. The first-order valence-electron chi connectivity index (χ1n) is 10.9. The van der Waals surface area contributed by atoms with Gasteiger partial charge in [-0.3, -0.25) is 18.7 Å². The van der Waals surface area contributed by atoms with Gasteiger partial charge >= 0.3 is 11.8 Å². The minimum atomic E-state index is -1.12. The number of halogens is 1. The quantitative estimate of drug-likeness (QED) is 0.532. The summed E-state index contributed by atoms with van der Waals surface area (Å²) in [6.45, 7) is 2.47. The Morgan fingerprint density at radius 1 is 1.15 bits per heavy atom. The summed E-state index contributed by atoms with van der Waals surface area (Å²) in [5.74, 6) is 0.187. The molecule has 1 aliphatic rings. The second-order valence-electron chi connectivity index (χ2n) is 8.57. The van der Waals surface area contributed by atoms with Gasteiger partial charge in [-0.1, -0.05) is 29.8 Å². The summed E-state index contributed by atoms with van der Waals surface area (Å²) in [4.78, 5) is 52.3. The van der Waals surface area contributed by atoms with E-state index >= 15 is 0 Å². The fourth-order valence-electron chi connectivity index (χ4n) is 4.77. The van der Waals surface area contributed by atoms with Crippen molar-refractivity contribution < 1.29 is 14.7 Å². The highest BCUT2D eigenvalue weighted by Crippen LogP contribution is 2.34. The smallest absolute Gasteiger partial charge is 0.404 e. The molecule has 10 nitrogen and oxygen atoms in total. The van der Waals surface area contributed by atoms with Crippen LogP contribution in [0.5, 0.6) is 0 Å². The molecule has 1 atom stereocenters. The van der Waals surface area contributed by atoms with Gasteiger partial charge in [0.05, 0.1) is 17.6 Å². The van der Waals surface area contributed by atoms with Gasteiger partial charge in [-0.25, -0.2) is 9.59 Å². The topological polar surface area (TPSA) is 119 Å². The molecule has 2 N–H and O–H groups in total. The van der Waals surface area contributed by atoms with Crippen LogP contribution in [0.25, 0.3) is 11.0 Å². The van der Waals surface area contributed by atoms with Gasteiger partial charge in [0.25, 0.3) is 5.56 Å². The van der Waals surface area contributed by atoms with Gasteiger partial charge in [-0.15, -0.1) is 0 Å². The Hall–Kier alpha value is -3.53. The van der Waals surface area contributed by atoms with E-state index in [0.717, 1.165) is 10.1 Å². The Labute approximate surface area is 200 Å². The summed E-state index contributed by atoms with van der Waals surface area (Å²) in [5.41, 5.74) is 0.427. The number of nitrogens with zero attached hydrogens (tertiary/aromatic N) is 4. The highest BCUT2D eigenvalue weighted by molar-refractivity contribution is 6.31. The first kappa shape index (κ1) is 23.6. The molecule has 3 heterocycles. The lowest BCUT2D eigenvalue weighted by atomic mass is 10.0. The number of ketones is 1. The average Bonchev–Trinajstić information content (AvgIpc) is 3.13. The molecule has 1 aromatic carbocycles. The van der Waals surface area contributed by atoms with E-state index in [2.05, 4.69) is 5.32 Å². The summed E-state index contributed by atoms with van der Waals surface area (Å²) in [6, 6.07) is 6.87. The number of aromatic nitrogens is 3. The van der Waals surface area contributed by atoms with Gasteiger partial charge in [0.2, 0.25) is 0 Å². The third-order valence-electron chi connectivity index (χ3n) is 6.31. The SMILES string of the molecule is CC(=O)c1c(N2CCC[C@@H](NC(=O)O)C2)n(Cc2ccccc2Cl)c2c(=O)n(C)c(=O)n(C)c12. The number of piperidine rings is 1. The number of fused-ring (bicyclic) bond motifs is 1. The van der Waals surface area contributed by atoms with E-state index in [1.807, 2.05) is 17.0 Å². The number of carboxylic acid groups (broad SMARTS) is 1. The van der Waals surface area contributed by atoms with Crippen LogP contribution in [0.2, 0.25) is 5.02 Å². The molecule has 1 aliphatic heterocycles. The fourth-order valence-corrected chi connectivity index (χ4v) is 4.96. The largest absolute Gasteiger partial charge is 0.465 e. The highest BCUT2D eigenvalue weighted by atomic mass is 35.5. The second-order valence-corrected chi connectivity index (χ2v) is 8.98. The van der Waals surface area contributed by atoms with E-state index in [9.17, 15) is 24.3 Å². The number of carbonyl (C=O) groups is 2. The Kier molecular flexibility index (Phi) is 6.26. The van der Waals surface area contributed by atoms with E-state index < -0.39 is 17.3 Å². The lowest BCUT2D eigenvalue weighted by Gasteiger charge is -2.35. The minimum Gasteiger partial charge on any atom is -0.465 e. The molecule has 2 aromatic heterocycles. The average molecular weight is 488 g/mol. The number of nitrogens with one attached hydrogen (secondary N) is 1. The molecule has 1 saturated heterocycles. The van der Waals surface area contributed by atoms with Crippen molar-refractivity contribution in [3.8, 4) is 0 Å². The van der Waals surface area contributed by atoms with Crippen LogP contribution in [-0.2, 0) is 20.6 Å². The van der Waals surface area contributed by atoms with E-state index in [-0.39, 0.29) is 35.0 Å². The molecule has 180 valence electrons. The molecule has 0 unspecified atom stereocenters. The van der Waals surface area contributed by atoms with Crippen LogP contribution >= 0.6 is 11.6 Å². The Morgan fingerprint density at radius 2 is 1.85 bits per heavy atom. The molecule has 11 heteroatoms. The predicted octanol–water partition coefficient (Wildman–Crippen LogP) is 2.18. The molecule has 3 aromatic rings. The van der Waals surface area contributed by atoms with E-state index in [1.54, 1.807) is 16.7 Å². The molecule has 0 saturated carbocycles. The van der Waals surface area contributed by atoms with Gasteiger partial charge in [0, 0.05) is 38.2 Å². The van der Waals surface area contributed by atoms with Crippen LogP contribution in [0.15, 0.2) is 33.9 Å². The number of Topliss-reactive ketones (excluding diaryl/α,β-unsaturated/α-hetero) is 1. The third-order valence-corrected chi connectivity index (χ3v) is 6.68. The molecule has 1 amide bonds. The normalized spacial score (nSPS) is 16.1. The molecule has 1 fully saturated rings. The van der Waals surface area contributed by atoms with Gasteiger partial charge in [0.15, 0.2) is 5.78 Å². The molecule has 4 rings (SSSR count). The number of hydrogen-bond acceptors (Lipinski definition) is 5. The monoisotopic (exact) mass is 487 g/mol. The number of aryl methyl sites for hydroxylation is 1. The molecule has 0 spiro atoms. The van der Waals surface area contributed by atoms with E-state index in [0.29, 0.717) is 36.8 Å². The molecule has 0 radical (unpaired) electrons. The molecular weight excluding hydrogens is 462 g/mol. The molecule has 0 bridgehead atoms. The summed E-state index contributed by atoms with van der Waals surface area (Å²) >= 11 is 6.43. The van der Waals surface area contributed by atoms with Crippen molar-refractivity contribution in [3.63, 3.8) is 0 Å². The number of benzene rings is 1. The lowest BCUT2D eigenvalue weighted by molar-refractivity contribution is 0.101. The Morgan fingerprint density at radius 3 is 2.50 bits per heavy atom. The number of anilines is 1. The van der Waals surface area contributed by atoms with Gasteiger partial charge in [-0.2, -0.15) is 0 Å². The summed E-state index contributed by atoms with van der Waals surface area (Å²) < 4.78 is 4.07. The van der Waals surface area contributed by atoms with Crippen molar-refractivity contribution in [3.05, 3.63) is 61.3 Å². The van der Waals surface area contributed by atoms with Crippen LogP contribution in [0.4, 0.5) is 10.6 Å². The van der Waals surface area contributed by atoms with E-state index in [1.165, 1.54) is 25.6 Å². The number of amides is 1. The first-order chi connectivity index (χ1) is 16.1. The maximum Gasteiger partial charge on any atom is 0.404 e. The number of hydrogen-bond donors (Lipinski definition) is 2. The van der Waals surface area contributed by atoms with Gasteiger partial charge in [0.1, 0.15) is 11.3 Å². The number of carbonyl (C=O) groups excluding carboxylic acids is 1. The Balaban J connectivity index is 2.05. The molecule has 0 aliphatic carbocycles. The maximum absolute atomic E-state index is 13.4. The van der Waals surface area contributed by atoms with Crippen molar-refractivity contribution in [2.24, 2.45) is 14.1 Å². The van der Waals surface area contributed by atoms with Crippen molar-refractivity contribution in [2.45, 2.75) is 32.4 Å². The fraction of sp³-hybridized carbons (Fsp3) is 0.391. The van der Waals surface area contributed by atoms with Crippen LogP contribution in [0.3, 0.4) is 0 Å². The summed E-state index contributed by atoms with van der Waals surface area (Å²) in [6.07, 6.45) is 0.224. The highest BCUT2D eigenvalue weighted by Gasteiger charge is 2.32. The zero-order valence-electron chi connectivity index (χ0n) is 19.2. The van der Waals surface area contributed by atoms with Crippen LogP contribution in [-0.4, -0.2) is 49.8 Å². The van der Waals surface area contributed by atoms with Crippen molar-refractivity contribution in [1.82, 2.24) is 19.0 Å². The van der Waals surface area contributed by atoms with Crippen molar-refractivity contribution in [1.29, 1.82) is 0 Å². The second kappa shape index (κ2) is 9.02.